The van der Waals surface area contributed by atoms with Gasteiger partial charge in [-0.2, -0.15) is 8.78 Å². The summed E-state index contributed by atoms with van der Waals surface area (Å²) >= 11 is 0. The lowest BCUT2D eigenvalue weighted by atomic mass is 10.1. The predicted molar refractivity (Wildman–Crippen MR) is 100 cm³/mol. The van der Waals surface area contributed by atoms with Gasteiger partial charge < -0.3 is 20.1 Å². The molecule has 1 fully saturated rings. The van der Waals surface area contributed by atoms with Crippen molar-refractivity contribution >= 4 is 29.9 Å². The summed E-state index contributed by atoms with van der Waals surface area (Å²) < 4.78 is 34.6. The molecule has 1 aromatic carbocycles. The first-order valence-corrected chi connectivity index (χ1v) is 7.85. The summed E-state index contributed by atoms with van der Waals surface area (Å²) in [5.74, 6) is 0.839. The van der Waals surface area contributed by atoms with Gasteiger partial charge >= 0.3 is 6.61 Å². The molecule has 2 N–H and O–H groups in total. The van der Waals surface area contributed by atoms with Crippen LogP contribution in [-0.4, -0.2) is 37.2 Å². The highest BCUT2D eigenvalue weighted by Crippen LogP contribution is 2.30. The normalized spacial score (nSPS) is 15.2. The summed E-state index contributed by atoms with van der Waals surface area (Å²) in [6, 6.07) is 4.82. The molecule has 2 rings (SSSR count). The fraction of sp³-hybridized carbons (Fsp3) is 0.562. The SMILES string of the molecule is CCOc1cc(CN=C(N)N2CCCCC2)ccc1OC(F)F.I. The molecule has 0 saturated carbocycles. The second-order valence-electron chi connectivity index (χ2n) is 5.31. The van der Waals surface area contributed by atoms with Gasteiger partial charge in [0.1, 0.15) is 0 Å². The Balaban J connectivity index is 0.00000288. The molecule has 0 radical (unpaired) electrons. The third-order valence-corrected chi connectivity index (χ3v) is 3.63. The summed E-state index contributed by atoms with van der Waals surface area (Å²) in [5.41, 5.74) is 6.84. The molecule has 1 heterocycles. The molecule has 0 aromatic heterocycles. The van der Waals surface area contributed by atoms with Crippen LogP contribution in [0, 0.1) is 0 Å². The van der Waals surface area contributed by atoms with Gasteiger partial charge in [0.05, 0.1) is 13.2 Å². The van der Waals surface area contributed by atoms with Crippen LogP contribution in [0.1, 0.15) is 31.7 Å². The summed E-state index contributed by atoms with van der Waals surface area (Å²) in [6.45, 7) is 1.50. The number of halogens is 3. The zero-order valence-electron chi connectivity index (χ0n) is 13.7. The van der Waals surface area contributed by atoms with Gasteiger partial charge in [-0.3, -0.25) is 0 Å². The van der Waals surface area contributed by atoms with E-state index >= 15 is 0 Å². The van der Waals surface area contributed by atoms with Crippen molar-refractivity contribution in [3.05, 3.63) is 23.8 Å². The highest BCUT2D eigenvalue weighted by atomic mass is 127. The first kappa shape index (κ1) is 20.7. The summed E-state index contributed by atoms with van der Waals surface area (Å²) in [6.07, 6.45) is 3.49. The second-order valence-corrected chi connectivity index (χ2v) is 5.31. The lowest BCUT2D eigenvalue weighted by Crippen LogP contribution is -2.40. The molecule has 1 saturated heterocycles. The van der Waals surface area contributed by atoms with Gasteiger partial charge in [-0.1, -0.05) is 6.07 Å². The molecule has 0 spiro atoms. The fourth-order valence-corrected chi connectivity index (χ4v) is 2.51. The Morgan fingerprint density at radius 2 is 1.96 bits per heavy atom. The molecule has 1 aliphatic rings. The lowest BCUT2D eigenvalue weighted by Gasteiger charge is -2.27. The van der Waals surface area contributed by atoms with Crippen LogP contribution in [0.5, 0.6) is 11.5 Å². The molecule has 0 amide bonds. The van der Waals surface area contributed by atoms with Gasteiger partial charge in [-0.05, 0) is 43.9 Å². The summed E-state index contributed by atoms with van der Waals surface area (Å²) in [7, 11) is 0. The number of hydrogen-bond donors (Lipinski definition) is 1. The number of likely N-dealkylation sites (tertiary alicyclic amines) is 1. The number of hydrogen-bond acceptors (Lipinski definition) is 3. The number of rotatable bonds is 6. The number of guanidine groups is 1. The zero-order valence-corrected chi connectivity index (χ0v) is 16.0. The molecule has 8 heteroatoms. The molecule has 136 valence electrons. The van der Waals surface area contributed by atoms with Crippen LogP contribution in [0.2, 0.25) is 0 Å². The molecule has 1 aliphatic heterocycles. The lowest BCUT2D eigenvalue weighted by molar-refractivity contribution is -0.0514. The number of nitrogens with zero attached hydrogens (tertiary/aromatic N) is 2. The van der Waals surface area contributed by atoms with Crippen molar-refractivity contribution in [2.75, 3.05) is 19.7 Å². The van der Waals surface area contributed by atoms with Crippen LogP contribution in [-0.2, 0) is 6.54 Å². The molecular weight excluding hydrogens is 431 g/mol. The van der Waals surface area contributed by atoms with Crippen molar-refractivity contribution in [3.8, 4) is 11.5 Å². The molecular formula is C16H24F2IN3O2. The molecule has 0 unspecified atom stereocenters. The first-order valence-electron chi connectivity index (χ1n) is 7.85. The van der Waals surface area contributed by atoms with Crippen molar-refractivity contribution in [3.63, 3.8) is 0 Å². The smallest absolute Gasteiger partial charge is 0.387 e. The topological polar surface area (TPSA) is 60.1 Å². The van der Waals surface area contributed by atoms with Crippen molar-refractivity contribution < 1.29 is 18.3 Å². The molecule has 0 atom stereocenters. The number of ether oxygens (including phenoxy) is 2. The van der Waals surface area contributed by atoms with Crippen LogP contribution in [0.25, 0.3) is 0 Å². The van der Waals surface area contributed by atoms with E-state index in [1.165, 1.54) is 12.5 Å². The van der Waals surface area contributed by atoms with Gasteiger partial charge in [0, 0.05) is 13.1 Å². The maximum absolute atomic E-state index is 12.4. The highest BCUT2D eigenvalue weighted by Gasteiger charge is 2.13. The van der Waals surface area contributed by atoms with Crippen molar-refractivity contribution in [1.29, 1.82) is 0 Å². The Bertz CT molecular complexity index is 538. The molecule has 0 bridgehead atoms. The third kappa shape index (κ3) is 6.29. The van der Waals surface area contributed by atoms with Gasteiger partial charge in [-0.15, -0.1) is 24.0 Å². The van der Waals surface area contributed by atoms with E-state index in [0.29, 0.717) is 19.1 Å². The number of aliphatic imine (C=N–C) groups is 1. The molecule has 1 aromatic rings. The third-order valence-electron chi connectivity index (χ3n) is 3.63. The van der Waals surface area contributed by atoms with Crippen LogP contribution >= 0.6 is 24.0 Å². The minimum Gasteiger partial charge on any atom is -0.490 e. The van der Waals surface area contributed by atoms with Crippen LogP contribution in [0.15, 0.2) is 23.2 Å². The zero-order chi connectivity index (χ0) is 16.7. The Labute approximate surface area is 158 Å². The Hall–Kier alpha value is -1.32. The van der Waals surface area contributed by atoms with Crippen molar-refractivity contribution in [2.24, 2.45) is 10.7 Å². The van der Waals surface area contributed by atoms with Crippen LogP contribution in [0.3, 0.4) is 0 Å². The molecule has 0 aliphatic carbocycles. The van der Waals surface area contributed by atoms with Crippen LogP contribution < -0.4 is 15.2 Å². The number of nitrogens with two attached hydrogens (primary N) is 1. The summed E-state index contributed by atoms with van der Waals surface area (Å²) in [5, 5.41) is 0. The van der Waals surface area contributed by atoms with E-state index in [1.54, 1.807) is 19.1 Å². The Morgan fingerprint density at radius 3 is 2.58 bits per heavy atom. The Kier molecular flexibility index (Phi) is 9.09. The maximum atomic E-state index is 12.4. The first-order chi connectivity index (χ1) is 11.1. The van der Waals surface area contributed by atoms with E-state index in [1.807, 2.05) is 0 Å². The second kappa shape index (κ2) is 10.5. The van der Waals surface area contributed by atoms with Crippen LogP contribution in [0.4, 0.5) is 8.78 Å². The number of piperidine rings is 1. The molecule has 5 nitrogen and oxygen atoms in total. The van der Waals surface area contributed by atoms with E-state index in [-0.39, 0.29) is 35.5 Å². The van der Waals surface area contributed by atoms with E-state index < -0.39 is 6.61 Å². The van der Waals surface area contributed by atoms with E-state index in [4.69, 9.17) is 10.5 Å². The van der Waals surface area contributed by atoms with E-state index in [2.05, 4.69) is 14.6 Å². The van der Waals surface area contributed by atoms with Gasteiger partial charge in [-0.25, -0.2) is 4.99 Å². The fourth-order valence-electron chi connectivity index (χ4n) is 2.51. The van der Waals surface area contributed by atoms with E-state index in [0.717, 1.165) is 31.5 Å². The van der Waals surface area contributed by atoms with Crippen molar-refractivity contribution in [2.45, 2.75) is 39.3 Å². The highest BCUT2D eigenvalue weighted by molar-refractivity contribution is 14.0. The van der Waals surface area contributed by atoms with Gasteiger partial charge in [0.15, 0.2) is 17.5 Å². The largest absolute Gasteiger partial charge is 0.490 e. The minimum atomic E-state index is -2.88. The number of alkyl halides is 2. The monoisotopic (exact) mass is 455 g/mol. The van der Waals surface area contributed by atoms with Gasteiger partial charge in [0.25, 0.3) is 0 Å². The quantitative estimate of drug-likeness (QED) is 0.405. The van der Waals surface area contributed by atoms with E-state index in [9.17, 15) is 8.78 Å². The summed E-state index contributed by atoms with van der Waals surface area (Å²) in [4.78, 5) is 6.46. The average molecular weight is 455 g/mol. The predicted octanol–water partition coefficient (Wildman–Crippen LogP) is 3.61. The standard InChI is InChI=1S/C16H23F2N3O2.HI/c1-2-22-14-10-12(6-7-13(14)23-15(17)18)11-20-16(19)21-8-4-3-5-9-21;/h6-7,10,15H,2-5,8-9,11H2,1H3,(H2,19,20);1H. The minimum absolute atomic E-state index is 0. The van der Waals surface area contributed by atoms with Gasteiger partial charge in [0.2, 0.25) is 0 Å². The number of benzene rings is 1. The molecule has 24 heavy (non-hydrogen) atoms. The maximum Gasteiger partial charge on any atom is 0.387 e. The van der Waals surface area contributed by atoms with Crippen molar-refractivity contribution in [1.82, 2.24) is 4.90 Å². The Morgan fingerprint density at radius 1 is 1.25 bits per heavy atom. The average Bonchev–Trinajstić information content (AvgIpc) is 2.55.